The van der Waals surface area contributed by atoms with Crippen molar-refractivity contribution in [2.45, 2.75) is 31.9 Å². The summed E-state index contributed by atoms with van der Waals surface area (Å²) in [6.07, 6.45) is 2.62. The van der Waals surface area contributed by atoms with Gasteiger partial charge in [-0.2, -0.15) is 0 Å². The van der Waals surface area contributed by atoms with Crippen LogP contribution >= 0.6 is 15.9 Å². The largest absolute Gasteiger partial charge is 0.486 e. The predicted molar refractivity (Wildman–Crippen MR) is 76.2 cm³/mol. The number of halogens is 1. The van der Waals surface area contributed by atoms with Gasteiger partial charge >= 0.3 is 0 Å². The molecular formula is C14H20BrNO2. The number of ether oxygens (including phenoxy) is 2. The van der Waals surface area contributed by atoms with Crippen LogP contribution in [0.2, 0.25) is 0 Å². The van der Waals surface area contributed by atoms with Gasteiger partial charge in [0, 0.05) is 19.7 Å². The molecule has 0 aliphatic heterocycles. The highest BCUT2D eigenvalue weighted by molar-refractivity contribution is 9.10. The summed E-state index contributed by atoms with van der Waals surface area (Å²) in [4.78, 5) is 0. The summed E-state index contributed by atoms with van der Waals surface area (Å²) in [7, 11) is 1.71. The number of aryl methyl sites for hydroxylation is 1. The van der Waals surface area contributed by atoms with Gasteiger partial charge in [0.25, 0.3) is 0 Å². The summed E-state index contributed by atoms with van der Waals surface area (Å²) in [5, 5.41) is 3.47. The molecule has 3 nitrogen and oxygen atoms in total. The molecule has 1 aliphatic rings. The second-order valence-corrected chi connectivity index (χ2v) is 5.67. The molecule has 1 aromatic carbocycles. The van der Waals surface area contributed by atoms with Crippen LogP contribution in [0.4, 0.5) is 0 Å². The van der Waals surface area contributed by atoms with Gasteiger partial charge in [-0.1, -0.05) is 6.07 Å². The number of benzene rings is 1. The molecule has 0 bridgehead atoms. The highest BCUT2D eigenvalue weighted by Crippen LogP contribution is 2.27. The van der Waals surface area contributed by atoms with Gasteiger partial charge in [0.2, 0.25) is 0 Å². The Labute approximate surface area is 117 Å². The standard InChI is InChI=1S/C14H20BrNO2/c1-10-3-6-14(13(15)7-10)18-12(9-17-2)8-16-11-4-5-11/h3,6-7,11-12,16H,4-5,8-9H2,1-2H3. The lowest BCUT2D eigenvalue weighted by Crippen LogP contribution is -2.36. The van der Waals surface area contributed by atoms with E-state index in [0.29, 0.717) is 12.6 Å². The predicted octanol–water partition coefficient (Wildman–Crippen LogP) is 2.90. The molecular weight excluding hydrogens is 294 g/mol. The van der Waals surface area contributed by atoms with Crippen molar-refractivity contribution in [2.24, 2.45) is 0 Å². The van der Waals surface area contributed by atoms with Crippen LogP contribution in [0.3, 0.4) is 0 Å². The summed E-state index contributed by atoms with van der Waals surface area (Å²) in [5.74, 6) is 0.875. The van der Waals surface area contributed by atoms with Crippen molar-refractivity contribution < 1.29 is 9.47 Å². The Bertz CT molecular complexity index is 393. The van der Waals surface area contributed by atoms with Crippen LogP contribution in [-0.2, 0) is 4.74 Å². The van der Waals surface area contributed by atoms with Crippen LogP contribution in [0.25, 0.3) is 0 Å². The van der Waals surface area contributed by atoms with Gasteiger partial charge in [0.15, 0.2) is 0 Å². The first-order chi connectivity index (χ1) is 8.69. The second-order valence-electron chi connectivity index (χ2n) is 4.81. The Kier molecular flexibility index (Phi) is 5.03. The van der Waals surface area contributed by atoms with E-state index >= 15 is 0 Å². The van der Waals surface area contributed by atoms with Crippen LogP contribution in [0, 0.1) is 6.92 Å². The maximum Gasteiger partial charge on any atom is 0.134 e. The Balaban J connectivity index is 1.92. The smallest absolute Gasteiger partial charge is 0.134 e. The van der Waals surface area contributed by atoms with Crippen LogP contribution in [-0.4, -0.2) is 32.4 Å². The molecule has 18 heavy (non-hydrogen) atoms. The van der Waals surface area contributed by atoms with E-state index in [4.69, 9.17) is 9.47 Å². The average Bonchev–Trinajstić information content (AvgIpc) is 3.13. The van der Waals surface area contributed by atoms with Crippen molar-refractivity contribution in [3.63, 3.8) is 0 Å². The van der Waals surface area contributed by atoms with E-state index in [1.54, 1.807) is 7.11 Å². The van der Waals surface area contributed by atoms with E-state index in [9.17, 15) is 0 Å². The van der Waals surface area contributed by atoms with Crippen LogP contribution in [0.5, 0.6) is 5.75 Å². The van der Waals surface area contributed by atoms with Crippen LogP contribution < -0.4 is 10.1 Å². The number of hydrogen-bond donors (Lipinski definition) is 1. The fourth-order valence-corrected chi connectivity index (χ4v) is 2.37. The summed E-state index contributed by atoms with van der Waals surface area (Å²) in [6, 6.07) is 6.81. The summed E-state index contributed by atoms with van der Waals surface area (Å²) in [5.41, 5.74) is 1.22. The van der Waals surface area contributed by atoms with Crippen molar-refractivity contribution in [2.75, 3.05) is 20.3 Å². The van der Waals surface area contributed by atoms with Gasteiger partial charge in [-0.05, 0) is 53.4 Å². The van der Waals surface area contributed by atoms with Gasteiger partial charge in [0.05, 0.1) is 11.1 Å². The zero-order valence-corrected chi connectivity index (χ0v) is 12.5. The van der Waals surface area contributed by atoms with E-state index in [2.05, 4.69) is 40.3 Å². The Hall–Kier alpha value is -0.580. The van der Waals surface area contributed by atoms with Gasteiger partial charge in [-0.25, -0.2) is 0 Å². The lowest BCUT2D eigenvalue weighted by atomic mass is 10.2. The highest BCUT2D eigenvalue weighted by Gasteiger charge is 2.22. The lowest BCUT2D eigenvalue weighted by Gasteiger charge is -2.20. The number of nitrogens with one attached hydrogen (secondary N) is 1. The van der Waals surface area contributed by atoms with Gasteiger partial charge in [-0.15, -0.1) is 0 Å². The second kappa shape index (κ2) is 6.55. The molecule has 0 aromatic heterocycles. The molecule has 0 saturated heterocycles. The number of rotatable bonds is 7. The highest BCUT2D eigenvalue weighted by atomic mass is 79.9. The minimum Gasteiger partial charge on any atom is -0.486 e. The fourth-order valence-electron chi connectivity index (χ4n) is 1.79. The summed E-state index contributed by atoms with van der Waals surface area (Å²) < 4.78 is 12.2. The van der Waals surface area contributed by atoms with Crippen molar-refractivity contribution >= 4 is 15.9 Å². The van der Waals surface area contributed by atoms with Crippen LogP contribution in [0.1, 0.15) is 18.4 Å². The minimum atomic E-state index is 0.0506. The molecule has 1 unspecified atom stereocenters. The molecule has 0 heterocycles. The van der Waals surface area contributed by atoms with Gasteiger partial charge in [0.1, 0.15) is 11.9 Å². The third-order valence-corrected chi connectivity index (χ3v) is 3.56. The molecule has 0 radical (unpaired) electrons. The van der Waals surface area contributed by atoms with Crippen molar-refractivity contribution in [1.82, 2.24) is 5.32 Å². The molecule has 4 heteroatoms. The monoisotopic (exact) mass is 313 g/mol. The minimum absolute atomic E-state index is 0.0506. The summed E-state index contributed by atoms with van der Waals surface area (Å²) >= 11 is 3.53. The Morgan fingerprint density at radius 3 is 2.83 bits per heavy atom. The van der Waals surface area contributed by atoms with Crippen molar-refractivity contribution in [1.29, 1.82) is 0 Å². The lowest BCUT2D eigenvalue weighted by molar-refractivity contribution is 0.0799. The molecule has 1 saturated carbocycles. The van der Waals surface area contributed by atoms with Gasteiger partial charge in [-0.3, -0.25) is 0 Å². The Morgan fingerprint density at radius 2 is 2.22 bits per heavy atom. The van der Waals surface area contributed by atoms with Gasteiger partial charge < -0.3 is 14.8 Å². The van der Waals surface area contributed by atoms with Crippen LogP contribution in [0.15, 0.2) is 22.7 Å². The summed E-state index contributed by atoms with van der Waals surface area (Å²) in [6.45, 7) is 3.49. The zero-order chi connectivity index (χ0) is 13.0. The first-order valence-corrected chi connectivity index (χ1v) is 7.13. The van der Waals surface area contributed by atoms with E-state index in [-0.39, 0.29) is 6.10 Å². The molecule has 1 fully saturated rings. The van der Waals surface area contributed by atoms with E-state index in [1.807, 2.05) is 6.07 Å². The van der Waals surface area contributed by atoms with E-state index < -0.39 is 0 Å². The molecule has 100 valence electrons. The molecule has 2 rings (SSSR count). The molecule has 1 aromatic rings. The zero-order valence-electron chi connectivity index (χ0n) is 10.9. The fraction of sp³-hybridized carbons (Fsp3) is 0.571. The topological polar surface area (TPSA) is 30.5 Å². The van der Waals surface area contributed by atoms with Crippen molar-refractivity contribution in [3.8, 4) is 5.75 Å². The third kappa shape index (κ3) is 4.26. The normalized spacial score (nSPS) is 16.6. The average molecular weight is 314 g/mol. The first-order valence-electron chi connectivity index (χ1n) is 6.34. The number of hydrogen-bond acceptors (Lipinski definition) is 3. The third-order valence-electron chi connectivity index (χ3n) is 2.95. The SMILES string of the molecule is COCC(CNC1CC1)Oc1ccc(C)cc1Br. The Morgan fingerprint density at radius 1 is 1.44 bits per heavy atom. The van der Waals surface area contributed by atoms with Crippen molar-refractivity contribution in [3.05, 3.63) is 28.2 Å². The molecule has 1 aliphatic carbocycles. The molecule has 0 amide bonds. The molecule has 0 spiro atoms. The maximum atomic E-state index is 5.98. The quantitative estimate of drug-likeness (QED) is 0.839. The number of methoxy groups -OCH3 is 1. The maximum absolute atomic E-state index is 5.98. The molecule has 1 atom stereocenters. The van der Waals surface area contributed by atoms with E-state index in [0.717, 1.165) is 16.8 Å². The first kappa shape index (κ1) is 13.8. The molecule has 1 N–H and O–H groups in total. The van der Waals surface area contributed by atoms with E-state index in [1.165, 1.54) is 18.4 Å².